The summed E-state index contributed by atoms with van der Waals surface area (Å²) in [6.45, 7) is -1.39. The number of rotatable bonds is 4. The number of halogens is 3. The smallest absolute Gasteiger partial charge is 0.387 e. The molecular formula is C23H20F3N3O2. The SMILES string of the molecule is Cc1cc([C@@]2(c3ccc(F)c(C#CC4CC4)c3)N=C(N)N(C)C2=O)ccc1OC(F)F. The average molecular weight is 427 g/mol. The van der Waals surface area contributed by atoms with E-state index >= 15 is 0 Å². The molecule has 5 nitrogen and oxygen atoms in total. The van der Waals surface area contributed by atoms with Crippen molar-refractivity contribution in [2.45, 2.75) is 31.9 Å². The van der Waals surface area contributed by atoms with Crippen LogP contribution >= 0.6 is 0 Å². The minimum Gasteiger partial charge on any atom is -0.435 e. The second-order valence-corrected chi connectivity index (χ2v) is 7.64. The topological polar surface area (TPSA) is 67.9 Å². The van der Waals surface area contributed by atoms with Gasteiger partial charge < -0.3 is 10.5 Å². The van der Waals surface area contributed by atoms with Crippen LogP contribution in [-0.4, -0.2) is 30.4 Å². The van der Waals surface area contributed by atoms with Gasteiger partial charge in [0, 0.05) is 13.0 Å². The molecule has 2 N–H and O–H groups in total. The molecule has 8 heteroatoms. The van der Waals surface area contributed by atoms with Crippen LogP contribution in [0.4, 0.5) is 13.2 Å². The number of ether oxygens (including phenoxy) is 1. The van der Waals surface area contributed by atoms with Crippen molar-refractivity contribution in [2.75, 3.05) is 7.05 Å². The molecule has 2 aliphatic rings. The fourth-order valence-electron chi connectivity index (χ4n) is 3.54. The first kappa shape index (κ1) is 20.8. The maximum absolute atomic E-state index is 14.4. The standard InChI is InChI=1S/C23H20F3N3O2/c1-13-11-16(8-10-19(13)31-21(25)26)23(20(30)29(2)22(27)28-23)17-7-9-18(24)15(12-17)6-5-14-3-4-14/h7-12,14,21H,3-4H2,1-2H3,(H2,27,28)/t23-/m0/s1. The predicted molar refractivity (Wildman–Crippen MR) is 109 cm³/mol. The number of alkyl halides is 2. The predicted octanol–water partition coefficient (Wildman–Crippen LogP) is 3.53. The van der Waals surface area contributed by atoms with E-state index in [-0.39, 0.29) is 23.2 Å². The number of carbonyl (C=O) groups excluding carboxylic acids is 1. The van der Waals surface area contributed by atoms with Crippen molar-refractivity contribution in [1.82, 2.24) is 4.90 Å². The summed E-state index contributed by atoms with van der Waals surface area (Å²) in [7, 11) is 1.49. The van der Waals surface area contributed by atoms with E-state index in [1.54, 1.807) is 13.0 Å². The van der Waals surface area contributed by atoms with Crippen molar-refractivity contribution in [1.29, 1.82) is 0 Å². The van der Waals surface area contributed by atoms with Crippen LogP contribution in [0.1, 0.15) is 35.1 Å². The molecule has 31 heavy (non-hydrogen) atoms. The molecule has 1 saturated carbocycles. The number of hydrogen-bond donors (Lipinski definition) is 1. The van der Waals surface area contributed by atoms with Crippen molar-refractivity contribution in [3.63, 3.8) is 0 Å². The van der Waals surface area contributed by atoms with Crippen molar-refractivity contribution < 1.29 is 22.7 Å². The highest BCUT2D eigenvalue weighted by molar-refractivity contribution is 6.09. The molecule has 1 fully saturated rings. The molecule has 2 aromatic rings. The zero-order chi connectivity index (χ0) is 22.3. The van der Waals surface area contributed by atoms with E-state index in [9.17, 15) is 18.0 Å². The Morgan fingerprint density at radius 2 is 1.90 bits per heavy atom. The van der Waals surface area contributed by atoms with Gasteiger partial charge in [-0.15, -0.1) is 0 Å². The number of aryl methyl sites for hydroxylation is 1. The summed E-state index contributed by atoms with van der Waals surface area (Å²) >= 11 is 0. The van der Waals surface area contributed by atoms with Crippen molar-refractivity contribution >= 4 is 11.9 Å². The van der Waals surface area contributed by atoms with Crippen LogP contribution in [0.5, 0.6) is 5.75 Å². The number of aliphatic imine (C=N–C) groups is 1. The van der Waals surface area contributed by atoms with Gasteiger partial charge in [-0.3, -0.25) is 9.69 Å². The number of hydrogen-bond acceptors (Lipinski definition) is 4. The Morgan fingerprint density at radius 3 is 2.48 bits per heavy atom. The third-order valence-electron chi connectivity index (χ3n) is 5.42. The summed E-state index contributed by atoms with van der Waals surface area (Å²) < 4.78 is 44.2. The van der Waals surface area contributed by atoms with Gasteiger partial charge in [-0.2, -0.15) is 8.78 Å². The monoisotopic (exact) mass is 427 g/mol. The van der Waals surface area contributed by atoms with E-state index in [4.69, 9.17) is 5.73 Å². The molecule has 1 aliphatic carbocycles. The number of likely N-dealkylation sites (N-methyl/N-ethyl adjacent to an activating group) is 1. The molecule has 2 aromatic carbocycles. The summed E-state index contributed by atoms with van der Waals surface area (Å²) in [5.41, 5.74) is 5.71. The van der Waals surface area contributed by atoms with Gasteiger partial charge in [0.25, 0.3) is 5.91 Å². The Bertz CT molecular complexity index is 1150. The number of carbonyl (C=O) groups is 1. The van der Waals surface area contributed by atoms with Gasteiger partial charge in [-0.25, -0.2) is 9.38 Å². The van der Waals surface area contributed by atoms with Crippen LogP contribution in [0.2, 0.25) is 0 Å². The van der Waals surface area contributed by atoms with Crippen LogP contribution in [0.3, 0.4) is 0 Å². The lowest BCUT2D eigenvalue weighted by Crippen LogP contribution is -2.41. The molecule has 0 aromatic heterocycles. The second-order valence-electron chi connectivity index (χ2n) is 7.64. The van der Waals surface area contributed by atoms with Gasteiger partial charge in [-0.05, 0) is 60.7 Å². The molecule has 160 valence electrons. The Labute approximate surface area is 177 Å². The average Bonchev–Trinajstić information content (AvgIpc) is 3.52. The van der Waals surface area contributed by atoms with Gasteiger partial charge in [0.05, 0.1) is 5.56 Å². The Balaban J connectivity index is 1.87. The number of benzene rings is 2. The highest BCUT2D eigenvalue weighted by atomic mass is 19.3. The van der Waals surface area contributed by atoms with E-state index in [1.165, 1.54) is 42.3 Å². The van der Waals surface area contributed by atoms with Gasteiger partial charge in [-0.1, -0.05) is 24.0 Å². The van der Waals surface area contributed by atoms with Crippen molar-refractivity contribution in [2.24, 2.45) is 16.6 Å². The fourth-order valence-corrected chi connectivity index (χ4v) is 3.54. The first-order chi connectivity index (χ1) is 14.7. The summed E-state index contributed by atoms with van der Waals surface area (Å²) in [4.78, 5) is 19.0. The number of amides is 1. The Morgan fingerprint density at radius 1 is 1.23 bits per heavy atom. The van der Waals surface area contributed by atoms with Gasteiger partial charge in [0.15, 0.2) is 11.5 Å². The lowest BCUT2D eigenvalue weighted by molar-refractivity contribution is -0.129. The first-order valence-corrected chi connectivity index (χ1v) is 9.73. The molecule has 1 amide bonds. The van der Waals surface area contributed by atoms with Crippen molar-refractivity contribution in [3.8, 4) is 17.6 Å². The minimum atomic E-state index is -2.98. The van der Waals surface area contributed by atoms with E-state index in [0.29, 0.717) is 16.7 Å². The molecule has 0 bridgehead atoms. The van der Waals surface area contributed by atoms with Crippen LogP contribution in [0, 0.1) is 30.5 Å². The Hall–Kier alpha value is -3.47. The highest BCUT2D eigenvalue weighted by Crippen LogP contribution is 2.41. The highest BCUT2D eigenvalue weighted by Gasteiger charge is 2.49. The normalized spacial score (nSPS) is 20.5. The van der Waals surface area contributed by atoms with Crippen LogP contribution in [0.25, 0.3) is 0 Å². The zero-order valence-corrected chi connectivity index (χ0v) is 17.0. The van der Waals surface area contributed by atoms with E-state index < -0.39 is 23.9 Å². The number of nitrogens with zero attached hydrogens (tertiary/aromatic N) is 2. The molecule has 1 heterocycles. The Kier molecular flexibility index (Phi) is 5.13. The minimum absolute atomic E-state index is 0.00880. The van der Waals surface area contributed by atoms with E-state index in [0.717, 1.165) is 12.8 Å². The molecule has 0 unspecified atom stereocenters. The van der Waals surface area contributed by atoms with Gasteiger partial charge >= 0.3 is 6.61 Å². The van der Waals surface area contributed by atoms with Crippen molar-refractivity contribution in [3.05, 3.63) is 64.5 Å². The third-order valence-corrected chi connectivity index (χ3v) is 5.42. The largest absolute Gasteiger partial charge is 0.435 e. The molecule has 1 aliphatic heterocycles. The molecule has 0 spiro atoms. The van der Waals surface area contributed by atoms with Crippen LogP contribution < -0.4 is 10.5 Å². The summed E-state index contributed by atoms with van der Waals surface area (Å²) in [5, 5.41) is 0. The van der Waals surface area contributed by atoms with Crippen LogP contribution in [-0.2, 0) is 10.3 Å². The quantitative estimate of drug-likeness (QED) is 0.760. The first-order valence-electron chi connectivity index (χ1n) is 9.73. The molecule has 0 radical (unpaired) electrons. The summed E-state index contributed by atoms with van der Waals surface area (Å²) in [6.07, 6.45) is 1.99. The van der Waals surface area contributed by atoms with E-state index in [2.05, 4.69) is 21.6 Å². The van der Waals surface area contributed by atoms with E-state index in [1.807, 2.05) is 0 Å². The molecule has 0 saturated heterocycles. The number of guanidine groups is 1. The van der Waals surface area contributed by atoms with Gasteiger partial charge in [0.2, 0.25) is 0 Å². The maximum atomic E-state index is 14.4. The van der Waals surface area contributed by atoms with Crippen LogP contribution in [0.15, 0.2) is 41.4 Å². The fraction of sp³-hybridized carbons (Fsp3) is 0.304. The molecule has 4 rings (SSSR count). The summed E-state index contributed by atoms with van der Waals surface area (Å²) in [6, 6.07) is 8.59. The van der Waals surface area contributed by atoms with Gasteiger partial charge in [0.1, 0.15) is 11.6 Å². The number of nitrogens with two attached hydrogens (primary N) is 1. The molecular weight excluding hydrogens is 407 g/mol. The lowest BCUT2D eigenvalue weighted by atomic mass is 9.81. The molecule has 1 atom stereocenters. The lowest BCUT2D eigenvalue weighted by Gasteiger charge is -2.27. The maximum Gasteiger partial charge on any atom is 0.387 e. The third kappa shape index (κ3) is 3.72. The second kappa shape index (κ2) is 7.65. The zero-order valence-electron chi connectivity index (χ0n) is 17.0. The summed E-state index contributed by atoms with van der Waals surface area (Å²) in [5.74, 6) is 5.17.